The van der Waals surface area contributed by atoms with Gasteiger partial charge in [-0.05, 0) is 49.4 Å². The van der Waals surface area contributed by atoms with Crippen LogP contribution in [0.15, 0.2) is 41.2 Å². The van der Waals surface area contributed by atoms with Gasteiger partial charge in [-0.1, -0.05) is 23.7 Å². The van der Waals surface area contributed by atoms with Crippen molar-refractivity contribution in [2.24, 2.45) is 5.73 Å². The Hall–Kier alpha value is -1.56. The maximum absolute atomic E-state index is 12.0. The van der Waals surface area contributed by atoms with E-state index >= 15 is 0 Å². The van der Waals surface area contributed by atoms with Gasteiger partial charge in [0.1, 0.15) is 5.82 Å². The molecular formula is C17H22Cl2N4O. The molecule has 4 N–H and O–H groups in total. The largest absolute Gasteiger partial charge is 0.382 e. The summed E-state index contributed by atoms with van der Waals surface area (Å²) >= 11 is 6.14. The molecule has 0 spiro atoms. The van der Waals surface area contributed by atoms with Crippen molar-refractivity contribution in [2.45, 2.75) is 37.1 Å². The van der Waals surface area contributed by atoms with E-state index in [9.17, 15) is 4.79 Å². The van der Waals surface area contributed by atoms with Crippen molar-refractivity contribution < 1.29 is 0 Å². The zero-order chi connectivity index (χ0) is 16.4. The molecule has 130 valence electrons. The minimum Gasteiger partial charge on any atom is -0.382 e. The van der Waals surface area contributed by atoms with Gasteiger partial charge in [-0.3, -0.25) is 4.79 Å². The zero-order valence-corrected chi connectivity index (χ0v) is 14.9. The first kappa shape index (κ1) is 18.8. The Morgan fingerprint density at radius 1 is 1.25 bits per heavy atom. The van der Waals surface area contributed by atoms with Crippen molar-refractivity contribution in [3.8, 4) is 0 Å². The van der Waals surface area contributed by atoms with Gasteiger partial charge in [0.15, 0.2) is 0 Å². The molecule has 1 fully saturated rings. The molecule has 2 aromatic rings. The summed E-state index contributed by atoms with van der Waals surface area (Å²) in [7, 11) is 0. The van der Waals surface area contributed by atoms with Gasteiger partial charge in [-0.15, -0.1) is 12.4 Å². The van der Waals surface area contributed by atoms with Crippen LogP contribution in [0.3, 0.4) is 0 Å². The number of benzene rings is 1. The van der Waals surface area contributed by atoms with E-state index in [2.05, 4.69) is 11.2 Å². The van der Waals surface area contributed by atoms with Crippen LogP contribution in [0.4, 0.5) is 5.82 Å². The van der Waals surface area contributed by atoms with E-state index in [4.69, 9.17) is 23.1 Å². The molecule has 1 aromatic carbocycles. The molecule has 1 heterocycles. The molecule has 3 rings (SSSR count). The van der Waals surface area contributed by atoms with Gasteiger partial charge in [-0.2, -0.15) is 5.10 Å². The number of aromatic nitrogens is 2. The number of halogens is 2. The first-order chi connectivity index (χ1) is 11.0. The Balaban J connectivity index is 0.00000208. The number of anilines is 1. The fourth-order valence-electron chi connectivity index (χ4n) is 3.53. The highest BCUT2D eigenvalue weighted by atomic mass is 35.5. The van der Waals surface area contributed by atoms with Gasteiger partial charge >= 0.3 is 0 Å². The maximum Gasteiger partial charge on any atom is 0.267 e. The third-order valence-corrected chi connectivity index (χ3v) is 5.17. The summed E-state index contributed by atoms with van der Waals surface area (Å²) in [6.45, 7) is 0.569. The van der Waals surface area contributed by atoms with Crippen molar-refractivity contribution in [2.75, 3.05) is 12.3 Å². The predicted octanol–water partition coefficient (Wildman–Crippen LogP) is 2.91. The van der Waals surface area contributed by atoms with Crippen LogP contribution in [-0.2, 0) is 5.41 Å². The maximum atomic E-state index is 12.0. The Morgan fingerprint density at radius 2 is 1.96 bits per heavy atom. The molecule has 5 nitrogen and oxygen atoms in total. The monoisotopic (exact) mass is 368 g/mol. The van der Waals surface area contributed by atoms with Crippen LogP contribution in [0.1, 0.15) is 37.3 Å². The van der Waals surface area contributed by atoms with E-state index < -0.39 is 0 Å². The second-order valence-electron chi connectivity index (χ2n) is 6.27. The predicted molar refractivity (Wildman–Crippen MR) is 99.8 cm³/mol. The Bertz CT molecular complexity index is 754. The van der Waals surface area contributed by atoms with E-state index in [0.717, 1.165) is 30.7 Å². The molecule has 0 unspecified atom stereocenters. The quantitative estimate of drug-likeness (QED) is 0.871. The number of hydrogen-bond acceptors (Lipinski definition) is 4. The number of nitrogens with two attached hydrogens (primary N) is 2. The molecule has 0 atom stereocenters. The highest BCUT2D eigenvalue weighted by molar-refractivity contribution is 6.30. The lowest BCUT2D eigenvalue weighted by Gasteiger charge is -2.40. The zero-order valence-electron chi connectivity index (χ0n) is 13.3. The van der Waals surface area contributed by atoms with E-state index in [-0.39, 0.29) is 29.4 Å². The summed E-state index contributed by atoms with van der Waals surface area (Å²) in [5.41, 5.74) is 12.8. The third kappa shape index (κ3) is 3.58. The second-order valence-corrected chi connectivity index (χ2v) is 6.70. The number of nitrogen functional groups attached to an aromatic ring is 1. The van der Waals surface area contributed by atoms with Gasteiger partial charge in [0.25, 0.3) is 5.56 Å². The average Bonchev–Trinajstić information content (AvgIpc) is 2.57. The molecule has 1 aliphatic rings. The fourth-order valence-corrected chi connectivity index (χ4v) is 3.72. The second kappa shape index (κ2) is 7.55. The molecule has 24 heavy (non-hydrogen) atoms. The van der Waals surface area contributed by atoms with E-state index in [1.807, 2.05) is 18.2 Å². The van der Waals surface area contributed by atoms with Gasteiger partial charge in [-0.25, -0.2) is 4.68 Å². The third-order valence-electron chi connectivity index (χ3n) is 4.93. The minimum absolute atomic E-state index is 0. The van der Waals surface area contributed by atoms with Crippen LogP contribution in [0.2, 0.25) is 5.02 Å². The molecule has 1 saturated carbocycles. The van der Waals surface area contributed by atoms with Crippen LogP contribution in [-0.4, -0.2) is 16.3 Å². The Morgan fingerprint density at radius 3 is 2.58 bits per heavy atom. The van der Waals surface area contributed by atoms with Crippen LogP contribution in [0, 0.1) is 0 Å². The van der Waals surface area contributed by atoms with Crippen molar-refractivity contribution in [1.29, 1.82) is 0 Å². The van der Waals surface area contributed by atoms with Gasteiger partial charge in [0.2, 0.25) is 0 Å². The average molecular weight is 369 g/mol. The standard InChI is InChI=1S/C17H21ClN4O.ClH/c18-13-3-1-2-12(10-13)17(11-19)8-6-14(7-9-17)22-16(23)5-4-15(20)21-22;/h1-5,10,14H,6-9,11,19H2,(H2,20,21);1H. The summed E-state index contributed by atoms with van der Waals surface area (Å²) in [5, 5.41) is 4.91. The van der Waals surface area contributed by atoms with Crippen LogP contribution < -0.4 is 17.0 Å². The van der Waals surface area contributed by atoms with Crippen molar-refractivity contribution >= 4 is 29.8 Å². The summed E-state index contributed by atoms with van der Waals surface area (Å²) < 4.78 is 1.52. The summed E-state index contributed by atoms with van der Waals surface area (Å²) in [6.07, 6.45) is 3.50. The van der Waals surface area contributed by atoms with E-state index in [1.165, 1.54) is 22.4 Å². The molecule has 0 amide bonds. The topological polar surface area (TPSA) is 86.9 Å². The van der Waals surface area contributed by atoms with Crippen LogP contribution in [0.25, 0.3) is 0 Å². The number of hydrogen-bond donors (Lipinski definition) is 2. The Kier molecular flexibility index (Phi) is 5.91. The van der Waals surface area contributed by atoms with E-state index in [0.29, 0.717) is 12.4 Å². The van der Waals surface area contributed by atoms with Crippen LogP contribution in [0.5, 0.6) is 0 Å². The summed E-state index contributed by atoms with van der Waals surface area (Å²) in [5.74, 6) is 0.370. The van der Waals surface area contributed by atoms with E-state index in [1.54, 1.807) is 0 Å². The summed E-state index contributed by atoms with van der Waals surface area (Å²) in [6, 6.07) is 11.0. The first-order valence-corrected chi connectivity index (χ1v) is 8.23. The number of nitrogens with zero attached hydrogens (tertiary/aromatic N) is 2. The minimum atomic E-state index is -0.104. The molecule has 1 aliphatic carbocycles. The molecule has 0 radical (unpaired) electrons. The molecule has 7 heteroatoms. The lowest BCUT2D eigenvalue weighted by atomic mass is 9.68. The van der Waals surface area contributed by atoms with Crippen LogP contribution >= 0.6 is 24.0 Å². The normalized spacial score (nSPS) is 23.5. The lowest BCUT2D eigenvalue weighted by Crippen LogP contribution is -2.41. The molecular weight excluding hydrogens is 347 g/mol. The van der Waals surface area contributed by atoms with Crippen molar-refractivity contribution in [1.82, 2.24) is 9.78 Å². The van der Waals surface area contributed by atoms with Crippen molar-refractivity contribution in [3.05, 3.63) is 57.3 Å². The number of rotatable bonds is 3. The summed E-state index contributed by atoms with van der Waals surface area (Å²) in [4.78, 5) is 12.0. The van der Waals surface area contributed by atoms with Gasteiger partial charge in [0.05, 0.1) is 6.04 Å². The fraction of sp³-hybridized carbons (Fsp3) is 0.412. The van der Waals surface area contributed by atoms with Gasteiger partial charge < -0.3 is 11.5 Å². The highest BCUT2D eigenvalue weighted by Crippen LogP contribution is 2.42. The van der Waals surface area contributed by atoms with Crippen molar-refractivity contribution in [3.63, 3.8) is 0 Å². The molecule has 0 bridgehead atoms. The Labute approximate surface area is 152 Å². The smallest absolute Gasteiger partial charge is 0.267 e. The first-order valence-electron chi connectivity index (χ1n) is 7.85. The lowest BCUT2D eigenvalue weighted by molar-refractivity contribution is 0.222. The molecule has 1 aromatic heterocycles. The highest BCUT2D eigenvalue weighted by Gasteiger charge is 2.36. The molecule has 0 saturated heterocycles. The SMILES string of the molecule is Cl.NCC1(c2cccc(Cl)c2)CCC(n2nc(N)ccc2=O)CC1. The molecule has 0 aliphatic heterocycles. The van der Waals surface area contributed by atoms with Gasteiger partial charge in [0, 0.05) is 23.0 Å².